The number of carbonyl (C=O) groups excluding carboxylic acids is 1. The molecule has 4 nitrogen and oxygen atoms in total. The predicted molar refractivity (Wildman–Crippen MR) is 73.4 cm³/mol. The van der Waals surface area contributed by atoms with Gasteiger partial charge in [-0.15, -0.1) is 6.58 Å². The van der Waals surface area contributed by atoms with Crippen LogP contribution >= 0.6 is 0 Å². The number of carbonyl (C=O) groups is 1. The number of piperazine rings is 1. The summed E-state index contributed by atoms with van der Waals surface area (Å²) in [7, 11) is 0. The zero-order chi connectivity index (χ0) is 13.0. The topological polar surface area (TPSA) is 49.6 Å². The standard InChI is InChI=1S/C14H19N3O/c1-2-7-16-8-10-17(11-9-16)14(18)12-3-5-13(15)6-4-12/h2-6H,1,7-11,15H2. The van der Waals surface area contributed by atoms with E-state index in [1.165, 1.54) is 0 Å². The van der Waals surface area contributed by atoms with Gasteiger partial charge in [-0.2, -0.15) is 0 Å². The van der Waals surface area contributed by atoms with Gasteiger partial charge in [0.15, 0.2) is 0 Å². The lowest BCUT2D eigenvalue weighted by atomic mass is 10.1. The second-order valence-corrected chi connectivity index (χ2v) is 4.50. The minimum atomic E-state index is 0.0910. The maximum absolute atomic E-state index is 12.2. The molecule has 1 fully saturated rings. The Hall–Kier alpha value is -1.81. The van der Waals surface area contributed by atoms with E-state index in [9.17, 15) is 4.79 Å². The number of benzene rings is 1. The van der Waals surface area contributed by atoms with Crippen molar-refractivity contribution in [2.24, 2.45) is 0 Å². The maximum Gasteiger partial charge on any atom is 0.253 e. The Labute approximate surface area is 108 Å². The molecule has 0 atom stereocenters. The molecule has 1 aromatic rings. The number of hydrogen-bond donors (Lipinski definition) is 1. The fourth-order valence-corrected chi connectivity index (χ4v) is 2.12. The van der Waals surface area contributed by atoms with Crippen molar-refractivity contribution in [2.75, 3.05) is 38.5 Å². The minimum Gasteiger partial charge on any atom is -0.399 e. The lowest BCUT2D eigenvalue weighted by molar-refractivity contribution is 0.0650. The van der Waals surface area contributed by atoms with Crippen molar-refractivity contribution in [1.29, 1.82) is 0 Å². The highest BCUT2D eigenvalue weighted by Gasteiger charge is 2.21. The van der Waals surface area contributed by atoms with Crippen LogP contribution in [0.3, 0.4) is 0 Å². The molecular formula is C14H19N3O. The third kappa shape index (κ3) is 2.90. The van der Waals surface area contributed by atoms with Crippen LogP contribution in [0.5, 0.6) is 0 Å². The van der Waals surface area contributed by atoms with E-state index in [1.54, 1.807) is 24.3 Å². The molecule has 1 aliphatic rings. The van der Waals surface area contributed by atoms with Crippen LogP contribution in [-0.4, -0.2) is 48.4 Å². The first-order chi connectivity index (χ1) is 8.70. The Bertz CT molecular complexity index is 419. The molecule has 0 bridgehead atoms. The second kappa shape index (κ2) is 5.69. The van der Waals surface area contributed by atoms with Crippen LogP contribution in [0, 0.1) is 0 Å². The number of hydrogen-bond acceptors (Lipinski definition) is 3. The molecule has 0 unspecified atom stereocenters. The van der Waals surface area contributed by atoms with Crippen molar-refractivity contribution >= 4 is 11.6 Å². The lowest BCUT2D eigenvalue weighted by Crippen LogP contribution is -2.48. The Balaban J connectivity index is 1.95. The van der Waals surface area contributed by atoms with E-state index in [0.29, 0.717) is 11.3 Å². The third-order valence-electron chi connectivity index (χ3n) is 3.20. The largest absolute Gasteiger partial charge is 0.399 e. The summed E-state index contributed by atoms with van der Waals surface area (Å²) in [6.07, 6.45) is 1.90. The molecule has 96 valence electrons. The number of nitrogens with zero attached hydrogens (tertiary/aromatic N) is 2. The lowest BCUT2D eigenvalue weighted by Gasteiger charge is -2.34. The van der Waals surface area contributed by atoms with Gasteiger partial charge in [-0.05, 0) is 24.3 Å². The summed E-state index contributed by atoms with van der Waals surface area (Å²) < 4.78 is 0. The molecule has 0 aromatic heterocycles. The summed E-state index contributed by atoms with van der Waals surface area (Å²) in [5.74, 6) is 0.0910. The molecule has 1 aliphatic heterocycles. The summed E-state index contributed by atoms with van der Waals surface area (Å²) >= 11 is 0. The van der Waals surface area contributed by atoms with E-state index in [2.05, 4.69) is 11.5 Å². The molecule has 2 N–H and O–H groups in total. The predicted octanol–water partition coefficient (Wildman–Crippen LogP) is 1.21. The highest BCUT2D eigenvalue weighted by atomic mass is 16.2. The summed E-state index contributed by atoms with van der Waals surface area (Å²) in [6, 6.07) is 7.10. The van der Waals surface area contributed by atoms with Gasteiger partial charge in [-0.1, -0.05) is 6.08 Å². The minimum absolute atomic E-state index is 0.0910. The van der Waals surface area contributed by atoms with Crippen molar-refractivity contribution in [3.8, 4) is 0 Å². The van der Waals surface area contributed by atoms with Gasteiger partial charge in [0.1, 0.15) is 0 Å². The van der Waals surface area contributed by atoms with Gasteiger partial charge in [0.2, 0.25) is 0 Å². The first-order valence-electron chi connectivity index (χ1n) is 6.19. The summed E-state index contributed by atoms with van der Waals surface area (Å²) in [4.78, 5) is 16.4. The highest BCUT2D eigenvalue weighted by Crippen LogP contribution is 2.11. The summed E-state index contributed by atoms with van der Waals surface area (Å²) in [6.45, 7) is 7.99. The molecule has 18 heavy (non-hydrogen) atoms. The average Bonchev–Trinajstić information content (AvgIpc) is 2.40. The molecule has 0 spiro atoms. The number of amides is 1. The van der Waals surface area contributed by atoms with Gasteiger partial charge >= 0.3 is 0 Å². The summed E-state index contributed by atoms with van der Waals surface area (Å²) in [5.41, 5.74) is 7.01. The molecule has 0 aliphatic carbocycles. The zero-order valence-electron chi connectivity index (χ0n) is 10.5. The van der Waals surface area contributed by atoms with E-state index in [1.807, 2.05) is 11.0 Å². The van der Waals surface area contributed by atoms with Crippen molar-refractivity contribution in [1.82, 2.24) is 9.80 Å². The maximum atomic E-state index is 12.2. The van der Waals surface area contributed by atoms with Gasteiger partial charge in [-0.3, -0.25) is 9.69 Å². The molecule has 4 heteroatoms. The van der Waals surface area contributed by atoms with Crippen LogP contribution in [0.15, 0.2) is 36.9 Å². The Morgan fingerprint density at radius 3 is 2.39 bits per heavy atom. The fourth-order valence-electron chi connectivity index (χ4n) is 2.12. The van der Waals surface area contributed by atoms with Gasteiger partial charge in [-0.25, -0.2) is 0 Å². The van der Waals surface area contributed by atoms with E-state index in [0.717, 1.165) is 32.7 Å². The van der Waals surface area contributed by atoms with Crippen molar-refractivity contribution in [3.63, 3.8) is 0 Å². The van der Waals surface area contributed by atoms with Crippen molar-refractivity contribution < 1.29 is 4.79 Å². The van der Waals surface area contributed by atoms with E-state index in [4.69, 9.17) is 5.73 Å². The Kier molecular flexibility index (Phi) is 3.99. The van der Waals surface area contributed by atoms with Crippen LogP contribution in [0.2, 0.25) is 0 Å². The normalized spacial score (nSPS) is 16.6. The third-order valence-corrected chi connectivity index (χ3v) is 3.20. The second-order valence-electron chi connectivity index (χ2n) is 4.50. The molecule has 2 rings (SSSR count). The van der Waals surface area contributed by atoms with Gasteiger partial charge in [0.25, 0.3) is 5.91 Å². The Morgan fingerprint density at radius 2 is 1.83 bits per heavy atom. The zero-order valence-corrected chi connectivity index (χ0v) is 10.5. The van der Waals surface area contributed by atoms with Gasteiger partial charge < -0.3 is 10.6 Å². The average molecular weight is 245 g/mol. The number of anilines is 1. The number of nitrogen functional groups attached to an aromatic ring is 1. The van der Waals surface area contributed by atoms with Crippen LogP contribution in [0.25, 0.3) is 0 Å². The Morgan fingerprint density at radius 1 is 1.22 bits per heavy atom. The molecule has 1 amide bonds. The van der Waals surface area contributed by atoms with Crippen LogP contribution in [-0.2, 0) is 0 Å². The SMILES string of the molecule is C=CCN1CCN(C(=O)c2ccc(N)cc2)CC1. The van der Waals surface area contributed by atoms with Gasteiger partial charge in [0.05, 0.1) is 0 Å². The van der Waals surface area contributed by atoms with Crippen LogP contribution in [0.4, 0.5) is 5.69 Å². The first kappa shape index (κ1) is 12.6. The summed E-state index contributed by atoms with van der Waals surface area (Å²) in [5, 5.41) is 0. The first-order valence-corrected chi connectivity index (χ1v) is 6.19. The van der Waals surface area contributed by atoms with E-state index >= 15 is 0 Å². The highest BCUT2D eigenvalue weighted by molar-refractivity contribution is 5.94. The molecular weight excluding hydrogens is 226 g/mol. The van der Waals surface area contributed by atoms with E-state index < -0.39 is 0 Å². The smallest absolute Gasteiger partial charge is 0.253 e. The molecule has 0 saturated carbocycles. The monoisotopic (exact) mass is 245 g/mol. The van der Waals surface area contributed by atoms with Crippen molar-refractivity contribution in [3.05, 3.63) is 42.5 Å². The quantitative estimate of drug-likeness (QED) is 0.643. The molecule has 1 saturated heterocycles. The van der Waals surface area contributed by atoms with Crippen molar-refractivity contribution in [2.45, 2.75) is 0 Å². The molecule has 1 heterocycles. The van der Waals surface area contributed by atoms with Crippen LogP contribution < -0.4 is 5.73 Å². The number of rotatable bonds is 3. The van der Waals surface area contributed by atoms with Gasteiger partial charge in [0, 0.05) is 44.0 Å². The van der Waals surface area contributed by atoms with E-state index in [-0.39, 0.29) is 5.91 Å². The van der Waals surface area contributed by atoms with Crippen LogP contribution in [0.1, 0.15) is 10.4 Å². The molecule has 0 radical (unpaired) electrons. The molecule has 1 aromatic carbocycles. The number of nitrogens with two attached hydrogens (primary N) is 1. The fraction of sp³-hybridized carbons (Fsp3) is 0.357.